The van der Waals surface area contributed by atoms with Crippen molar-refractivity contribution in [2.75, 3.05) is 31.6 Å². The highest BCUT2D eigenvalue weighted by molar-refractivity contribution is 5.81. The van der Waals surface area contributed by atoms with E-state index in [9.17, 15) is 4.79 Å². The fourth-order valence-corrected chi connectivity index (χ4v) is 2.17. The van der Waals surface area contributed by atoms with E-state index in [-0.39, 0.29) is 5.91 Å². The standard InChI is InChI=1S/C17H29N3O/c1-6-19-17(21)12-20(5)16-8-7-15(14(4)9-16)11-18-10-13(2)3/h7-9,13,18H,6,10-12H2,1-5H3,(H,19,21). The molecular weight excluding hydrogens is 262 g/mol. The number of rotatable bonds is 8. The van der Waals surface area contributed by atoms with Gasteiger partial charge in [0.15, 0.2) is 0 Å². The topological polar surface area (TPSA) is 44.4 Å². The van der Waals surface area contributed by atoms with Crippen LogP contribution in [0, 0.1) is 12.8 Å². The van der Waals surface area contributed by atoms with Gasteiger partial charge in [-0.25, -0.2) is 0 Å². The number of hydrogen-bond donors (Lipinski definition) is 2. The van der Waals surface area contributed by atoms with Crippen LogP contribution in [-0.2, 0) is 11.3 Å². The first-order valence-corrected chi connectivity index (χ1v) is 7.72. The smallest absolute Gasteiger partial charge is 0.239 e. The number of carbonyl (C=O) groups excluding carboxylic acids is 1. The van der Waals surface area contributed by atoms with Gasteiger partial charge in [-0.3, -0.25) is 4.79 Å². The van der Waals surface area contributed by atoms with Gasteiger partial charge in [0.2, 0.25) is 5.91 Å². The Morgan fingerprint density at radius 1 is 1.33 bits per heavy atom. The predicted octanol–water partition coefficient (Wildman–Crippen LogP) is 2.31. The molecule has 0 radical (unpaired) electrons. The van der Waals surface area contributed by atoms with E-state index < -0.39 is 0 Å². The van der Waals surface area contributed by atoms with Crippen molar-refractivity contribution in [2.45, 2.75) is 34.2 Å². The van der Waals surface area contributed by atoms with Crippen LogP contribution in [-0.4, -0.2) is 32.6 Å². The van der Waals surface area contributed by atoms with E-state index in [2.05, 4.69) is 49.6 Å². The molecule has 0 heterocycles. The maximum absolute atomic E-state index is 11.6. The molecule has 0 fully saturated rings. The average Bonchev–Trinajstić information content (AvgIpc) is 2.40. The quantitative estimate of drug-likeness (QED) is 0.772. The monoisotopic (exact) mass is 291 g/mol. The summed E-state index contributed by atoms with van der Waals surface area (Å²) in [6.07, 6.45) is 0. The lowest BCUT2D eigenvalue weighted by Gasteiger charge is -2.20. The molecule has 0 aliphatic heterocycles. The molecule has 21 heavy (non-hydrogen) atoms. The van der Waals surface area contributed by atoms with Gasteiger partial charge in [-0.15, -0.1) is 0 Å². The Bertz CT molecular complexity index is 457. The van der Waals surface area contributed by atoms with E-state index in [1.807, 2.05) is 18.9 Å². The molecule has 1 rings (SSSR count). The van der Waals surface area contributed by atoms with E-state index in [0.29, 0.717) is 19.0 Å². The summed E-state index contributed by atoms with van der Waals surface area (Å²) >= 11 is 0. The molecule has 1 aromatic rings. The Balaban J connectivity index is 2.62. The number of likely N-dealkylation sites (N-methyl/N-ethyl adjacent to an activating group) is 2. The zero-order chi connectivity index (χ0) is 15.8. The van der Waals surface area contributed by atoms with Gasteiger partial charge in [0.05, 0.1) is 6.54 Å². The molecule has 2 N–H and O–H groups in total. The largest absolute Gasteiger partial charge is 0.365 e. The maximum Gasteiger partial charge on any atom is 0.239 e. The minimum absolute atomic E-state index is 0.0559. The van der Waals surface area contributed by atoms with Gasteiger partial charge in [-0.1, -0.05) is 19.9 Å². The molecule has 4 nitrogen and oxygen atoms in total. The summed E-state index contributed by atoms with van der Waals surface area (Å²) in [4.78, 5) is 13.6. The zero-order valence-corrected chi connectivity index (χ0v) is 14.0. The van der Waals surface area contributed by atoms with Crippen LogP contribution < -0.4 is 15.5 Å². The Labute approximate surface area is 128 Å². The number of amides is 1. The summed E-state index contributed by atoms with van der Waals surface area (Å²) in [5, 5.41) is 6.28. The van der Waals surface area contributed by atoms with Gasteiger partial charge in [-0.05, 0) is 49.6 Å². The minimum Gasteiger partial charge on any atom is -0.365 e. The van der Waals surface area contributed by atoms with Crippen molar-refractivity contribution >= 4 is 11.6 Å². The van der Waals surface area contributed by atoms with Crippen molar-refractivity contribution in [1.82, 2.24) is 10.6 Å². The highest BCUT2D eigenvalue weighted by Crippen LogP contribution is 2.18. The van der Waals surface area contributed by atoms with Crippen molar-refractivity contribution in [2.24, 2.45) is 5.92 Å². The van der Waals surface area contributed by atoms with Crippen LogP contribution in [0.2, 0.25) is 0 Å². The van der Waals surface area contributed by atoms with Gasteiger partial charge in [0.25, 0.3) is 0 Å². The first-order valence-electron chi connectivity index (χ1n) is 7.72. The van der Waals surface area contributed by atoms with Crippen molar-refractivity contribution in [3.63, 3.8) is 0 Å². The normalized spacial score (nSPS) is 10.8. The zero-order valence-electron chi connectivity index (χ0n) is 14.0. The molecule has 0 saturated heterocycles. The highest BCUT2D eigenvalue weighted by Gasteiger charge is 2.08. The summed E-state index contributed by atoms with van der Waals surface area (Å²) in [6.45, 7) is 11.4. The van der Waals surface area contributed by atoms with Gasteiger partial charge in [0.1, 0.15) is 0 Å². The van der Waals surface area contributed by atoms with Crippen molar-refractivity contribution in [3.8, 4) is 0 Å². The minimum atomic E-state index is 0.0559. The van der Waals surface area contributed by atoms with E-state index in [0.717, 1.165) is 18.8 Å². The van der Waals surface area contributed by atoms with Gasteiger partial charge >= 0.3 is 0 Å². The fourth-order valence-electron chi connectivity index (χ4n) is 2.17. The van der Waals surface area contributed by atoms with E-state index in [4.69, 9.17) is 0 Å². The lowest BCUT2D eigenvalue weighted by Crippen LogP contribution is -2.35. The van der Waals surface area contributed by atoms with Crippen LogP contribution in [0.25, 0.3) is 0 Å². The average molecular weight is 291 g/mol. The summed E-state index contributed by atoms with van der Waals surface area (Å²) in [7, 11) is 1.95. The van der Waals surface area contributed by atoms with E-state index in [1.54, 1.807) is 0 Å². The van der Waals surface area contributed by atoms with E-state index >= 15 is 0 Å². The second-order valence-electron chi connectivity index (χ2n) is 5.95. The number of benzene rings is 1. The molecule has 118 valence electrons. The number of nitrogens with one attached hydrogen (secondary N) is 2. The second-order valence-corrected chi connectivity index (χ2v) is 5.95. The summed E-state index contributed by atoms with van der Waals surface area (Å²) in [5.41, 5.74) is 3.64. The first kappa shape index (κ1) is 17.5. The molecule has 0 aliphatic rings. The highest BCUT2D eigenvalue weighted by atomic mass is 16.1. The molecule has 0 saturated carbocycles. The van der Waals surface area contributed by atoms with Crippen LogP contribution >= 0.6 is 0 Å². The third-order valence-electron chi connectivity index (χ3n) is 3.39. The molecule has 4 heteroatoms. The lowest BCUT2D eigenvalue weighted by molar-refractivity contribution is -0.119. The number of carbonyl (C=O) groups is 1. The van der Waals surface area contributed by atoms with E-state index in [1.165, 1.54) is 11.1 Å². The maximum atomic E-state index is 11.6. The fraction of sp³-hybridized carbons (Fsp3) is 0.588. The van der Waals surface area contributed by atoms with Crippen molar-refractivity contribution < 1.29 is 4.79 Å². The Morgan fingerprint density at radius 3 is 2.62 bits per heavy atom. The van der Waals surface area contributed by atoms with Crippen molar-refractivity contribution in [1.29, 1.82) is 0 Å². The third-order valence-corrected chi connectivity index (χ3v) is 3.39. The Morgan fingerprint density at radius 2 is 2.05 bits per heavy atom. The molecule has 0 spiro atoms. The molecule has 0 aromatic heterocycles. The SMILES string of the molecule is CCNC(=O)CN(C)c1ccc(CNCC(C)C)c(C)c1. The van der Waals surface area contributed by atoms with Crippen molar-refractivity contribution in [3.05, 3.63) is 29.3 Å². The van der Waals surface area contributed by atoms with Crippen LogP contribution in [0.4, 0.5) is 5.69 Å². The van der Waals surface area contributed by atoms with Gasteiger partial charge < -0.3 is 15.5 Å². The number of hydrogen-bond acceptors (Lipinski definition) is 3. The van der Waals surface area contributed by atoms with Crippen LogP contribution in [0.1, 0.15) is 31.9 Å². The Kier molecular flexibility index (Phi) is 7.23. The molecular formula is C17H29N3O. The molecule has 0 atom stereocenters. The lowest BCUT2D eigenvalue weighted by atomic mass is 10.1. The predicted molar refractivity (Wildman–Crippen MR) is 89.7 cm³/mol. The molecule has 1 amide bonds. The van der Waals surface area contributed by atoms with Gasteiger partial charge in [-0.2, -0.15) is 0 Å². The summed E-state index contributed by atoms with van der Waals surface area (Å²) in [6, 6.07) is 6.37. The molecule has 0 bridgehead atoms. The number of anilines is 1. The summed E-state index contributed by atoms with van der Waals surface area (Å²) < 4.78 is 0. The van der Waals surface area contributed by atoms with Crippen LogP contribution in [0.5, 0.6) is 0 Å². The number of aryl methyl sites for hydroxylation is 1. The first-order chi connectivity index (χ1) is 9.93. The Hall–Kier alpha value is -1.55. The molecule has 0 unspecified atom stereocenters. The van der Waals surface area contributed by atoms with Gasteiger partial charge in [0, 0.05) is 25.8 Å². The summed E-state index contributed by atoms with van der Waals surface area (Å²) in [5.74, 6) is 0.716. The third kappa shape index (κ3) is 6.17. The van der Waals surface area contributed by atoms with Crippen LogP contribution in [0.3, 0.4) is 0 Å². The number of nitrogens with zero attached hydrogens (tertiary/aromatic N) is 1. The van der Waals surface area contributed by atoms with Crippen LogP contribution in [0.15, 0.2) is 18.2 Å². The second kappa shape index (κ2) is 8.67. The molecule has 0 aliphatic carbocycles. The molecule has 1 aromatic carbocycles.